The Kier molecular flexibility index (Phi) is 12.2. The summed E-state index contributed by atoms with van der Waals surface area (Å²) >= 11 is 0. The minimum atomic E-state index is -4.03. The molecule has 0 radical (unpaired) electrons. The number of nitrogens with one attached hydrogen (secondary N) is 1. The summed E-state index contributed by atoms with van der Waals surface area (Å²) in [7, 11) is -2.96. The number of aryl methyl sites for hydroxylation is 2. The average Bonchev–Trinajstić information content (AvgIpc) is 2.71. The van der Waals surface area contributed by atoms with Crippen LogP contribution in [0.5, 0.6) is 5.75 Å². The van der Waals surface area contributed by atoms with Crippen LogP contribution in [0.2, 0.25) is 0 Å². The zero-order chi connectivity index (χ0) is 26.8. The Morgan fingerprint density at radius 1 is 1.14 bits per heavy atom. The largest absolute Gasteiger partial charge is 0.471 e. The second-order valence-corrected chi connectivity index (χ2v) is 10.8. The maximum absolute atomic E-state index is 12.6. The number of carbonyl (C=O) groups excluding carboxylic acids is 3. The molecule has 1 rings (SSSR count). The van der Waals surface area contributed by atoms with Crippen molar-refractivity contribution in [3.8, 4) is 5.75 Å². The molecule has 0 heterocycles. The van der Waals surface area contributed by atoms with Crippen molar-refractivity contribution >= 4 is 25.5 Å². The van der Waals surface area contributed by atoms with Gasteiger partial charge in [-0.3, -0.25) is 18.6 Å². The number of phosphoric ester groups is 1. The zero-order valence-electron chi connectivity index (χ0n) is 21.6. The van der Waals surface area contributed by atoms with E-state index < -0.39 is 25.1 Å². The third-order valence-electron chi connectivity index (χ3n) is 5.21. The molecule has 2 N–H and O–H groups in total. The molecule has 0 saturated carbocycles. The number of Topliss-reactive ketones (excluding diaryl/α,β-unsaturated/α-hetero) is 1. The van der Waals surface area contributed by atoms with E-state index in [0.29, 0.717) is 5.75 Å². The second kappa shape index (κ2) is 13.8. The average molecular weight is 516 g/mol. The third kappa shape index (κ3) is 11.0. The van der Waals surface area contributed by atoms with E-state index in [1.54, 1.807) is 13.0 Å². The predicted molar refractivity (Wildman–Crippen MR) is 130 cm³/mol. The molecule has 2 unspecified atom stereocenters. The van der Waals surface area contributed by atoms with E-state index in [4.69, 9.17) is 14.4 Å². The van der Waals surface area contributed by atoms with Crippen molar-refractivity contribution < 1.29 is 42.4 Å². The van der Waals surface area contributed by atoms with Crippen LogP contribution in [0.1, 0.15) is 57.2 Å². The summed E-state index contributed by atoms with van der Waals surface area (Å²) in [5, 5.41) is 2.78. The zero-order valence-corrected chi connectivity index (χ0v) is 22.5. The molecular formula is C24H38NO9P. The minimum Gasteiger partial charge on any atom is -0.426 e. The van der Waals surface area contributed by atoms with Crippen LogP contribution in [0.25, 0.3) is 0 Å². The Labute approximate surface area is 207 Å². The van der Waals surface area contributed by atoms with Crippen molar-refractivity contribution in [1.29, 1.82) is 0 Å². The van der Waals surface area contributed by atoms with Crippen LogP contribution in [-0.4, -0.2) is 56.0 Å². The number of ether oxygens (including phenoxy) is 2. The van der Waals surface area contributed by atoms with E-state index in [-0.39, 0.29) is 50.9 Å². The lowest BCUT2D eigenvalue weighted by Crippen LogP contribution is -2.34. The first-order valence-electron chi connectivity index (χ1n) is 11.4. The number of amides is 1. The number of ketones is 1. The van der Waals surface area contributed by atoms with Gasteiger partial charge in [0.15, 0.2) is 0 Å². The Morgan fingerprint density at radius 3 is 2.40 bits per heavy atom. The normalized spacial score (nSPS) is 14.2. The smallest absolute Gasteiger partial charge is 0.426 e. The Bertz CT molecular complexity index is 945. The summed E-state index contributed by atoms with van der Waals surface area (Å²) in [5.74, 6) is -0.975. The molecule has 0 aliphatic heterocycles. The van der Waals surface area contributed by atoms with Crippen molar-refractivity contribution in [3.63, 3.8) is 0 Å². The van der Waals surface area contributed by atoms with Crippen molar-refractivity contribution in [3.05, 3.63) is 28.8 Å². The van der Waals surface area contributed by atoms with E-state index in [9.17, 15) is 18.9 Å². The molecule has 1 amide bonds. The first-order chi connectivity index (χ1) is 16.2. The van der Waals surface area contributed by atoms with Gasteiger partial charge in [-0.25, -0.2) is 4.57 Å². The van der Waals surface area contributed by atoms with Gasteiger partial charge in [0.2, 0.25) is 5.91 Å². The van der Waals surface area contributed by atoms with Crippen LogP contribution in [-0.2, 0) is 38.1 Å². The number of benzene rings is 1. The van der Waals surface area contributed by atoms with E-state index in [2.05, 4.69) is 14.4 Å². The van der Waals surface area contributed by atoms with Gasteiger partial charge in [0.05, 0.1) is 25.7 Å². The van der Waals surface area contributed by atoms with Crippen molar-refractivity contribution in [2.24, 2.45) is 5.92 Å². The highest BCUT2D eigenvalue weighted by Gasteiger charge is 2.31. The highest BCUT2D eigenvalue weighted by Crippen LogP contribution is 2.41. The fourth-order valence-corrected chi connectivity index (χ4v) is 4.19. The summed E-state index contributed by atoms with van der Waals surface area (Å²) < 4.78 is 31.1. The van der Waals surface area contributed by atoms with E-state index in [1.807, 2.05) is 33.8 Å². The molecule has 1 aromatic rings. The molecule has 0 saturated heterocycles. The molecule has 0 aliphatic carbocycles. The van der Waals surface area contributed by atoms with Gasteiger partial charge in [-0.05, 0) is 38.0 Å². The van der Waals surface area contributed by atoms with Gasteiger partial charge in [-0.1, -0.05) is 26.8 Å². The minimum absolute atomic E-state index is 0.0641. The molecule has 0 aliphatic rings. The summed E-state index contributed by atoms with van der Waals surface area (Å²) in [4.78, 5) is 45.7. The SMILES string of the molecule is COP(=O)(O)OCCOCCNC(=O)CC(C)(C)c1c(C)cc(C)cc1OC(=O)C(C)CC(C)=O. The molecule has 2 atom stereocenters. The van der Waals surface area contributed by atoms with Crippen LogP contribution >= 0.6 is 7.82 Å². The highest BCUT2D eigenvalue weighted by molar-refractivity contribution is 7.47. The second-order valence-electron chi connectivity index (χ2n) is 9.19. The monoisotopic (exact) mass is 515 g/mol. The number of carbonyl (C=O) groups is 3. The fraction of sp³-hybridized carbons (Fsp3) is 0.625. The van der Waals surface area contributed by atoms with Crippen molar-refractivity contribution in [1.82, 2.24) is 5.32 Å². The highest BCUT2D eigenvalue weighted by atomic mass is 31.2. The molecule has 11 heteroatoms. The summed E-state index contributed by atoms with van der Waals surface area (Å²) in [6, 6.07) is 3.74. The molecule has 198 valence electrons. The van der Waals surface area contributed by atoms with E-state index >= 15 is 0 Å². The Morgan fingerprint density at radius 2 is 1.80 bits per heavy atom. The summed E-state index contributed by atoms with van der Waals surface area (Å²) in [6.07, 6.45) is 0.236. The molecule has 1 aromatic carbocycles. The van der Waals surface area contributed by atoms with Crippen molar-refractivity contribution in [2.75, 3.05) is 33.5 Å². The summed E-state index contributed by atoms with van der Waals surface area (Å²) in [6.45, 7) is 11.1. The molecule has 0 aromatic heterocycles. The van der Waals surface area contributed by atoms with Gasteiger partial charge < -0.3 is 24.5 Å². The Hall–Kier alpha value is -2.10. The number of rotatable bonds is 15. The number of hydrogen-bond donors (Lipinski definition) is 2. The summed E-state index contributed by atoms with van der Waals surface area (Å²) in [5.41, 5.74) is 1.91. The van der Waals surface area contributed by atoms with E-state index in [1.165, 1.54) is 6.92 Å². The molecule has 0 fully saturated rings. The van der Waals surface area contributed by atoms with Gasteiger partial charge in [-0.2, -0.15) is 0 Å². The third-order valence-corrected chi connectivity index (χ3v) is 6.18. The molecule has 0 bridgehead atoms. The van der Waals surface area contributed by atoms with Crippen LogP contribution in [0, 0.1) is 19.8 Å². The lowest BCUT2D eigenvalue weighted by molar-refractivity contribution is -0.140. The standard InChI is InChI=1S/C24H38NO9P/c1-16-12-17(2)22(20(13-16)34-23(28)18(3)14-19(4)26)24(5,6)15-21(27)25-8-9-32-10-11-33-35(29,30)31-7/h12-13,18H,8-11,14-15H2,1-7H3,(H,25,27)(H,29,30). The predicted octanol–water partition coefficient (Wildman–Crippen LogP) is 3.39. The topological polar surface area (TPSA) is 137 Å². The first-order valence-corrected chi connectivity index (χ1v) is 12.9. The van der Waals surface area contributed by atoms with E-state index in [0.717, 1.165) is 23.8 Å². The Balaban J connectivity index is 2.74. The lowest BCUT2D eigenvalue weighted by atomic mass is 9.78. The lowest BCUT2D eigenvalue weighted by Gasteiger charge is -2.29. The van der Waals surface area contributed by atoms with Crippen LogP contribution in [0.4, 0.5) is 0 Å². The molecular weight excluding hydrogens is 477 g/mol. The quantitative estimate of drug-likeness (QED) is 0.156. The molecule has 35 heavy (non-hydrogen) atoms. The first kappa shape index (κ1) is 30.9. The van der Waals surface area contributed by atoms with Crippen molar-refractivity contribution in [2.45, 2.75) is 59.8 Å². The number of hydrogen-bond acceptors (Lipinski definition) is 8. The van der Waals surface area contributed by atoms with Gasteiger partial charge in [0, 0.05) is 37.5 Å². The van der Waals surface area contributed by atoms with Gasteiger partial charge in [0.25, 0.3) is 0 Å². The maximum atomic E-state index is 12.6. The molecule has 10 nitrogen and oxygen atoms in total. The maximum Gasteiger partial charge on any atom is 0.471 e. The number of esters is 1. The number of phosphoric acid groups is 1. The molecule has 0 spiro atoms. The van der Waals surface area contributed by atoms with Crippen LogP contribution < -0.4 is 10.1 Å². The fourth-order valence-electron chi connectivity index (χ4n) is 3.78. The van der Waals surface area contributed by atoms with Gasteiger partial charge in [0.1, 0.15) is 11.5 Å². The van der Waals surface area contributed by atoms with Crippen LogP contribution in [0.3, 0.4) is 0 Å². The van der Waals surface area contributed by atoms with Gasteiger partial charge in [-0.15, -0.1) is 0 Å². The van der Waals surface area contributed by atoms with Gasteiger partial charge >= 0.3 is 13.8 Å². The van der Waals surface area contributed by atoms with Crippen LogP contribution in [0.15, 0.2) is 12.1 Å².